The predicted octanol–water partition coefficient (Wildman–Crippen LogP) is -3.76. The first-order chi connectivity index (χ1) is 38.1. The van der Waals surface area contributed by atoms with Crippen LogP contribution in [-0.4, -0.2) is 248 Å². The fourth-order valence-electron chi connectivity index (χ4n) is 7.29. The number of likely N-dealkylation sites (tertiary alicyclic amines) is 4. The van der Waals surface area contributed by atoms with Gasteiger partial charge in [0.05, 0.1) is 98.5 Å². The summed E-state index contributed by atoms with van der Waals surface area (Å²) >= 11 is 0. The van der Waals surface area contributed by atoms with Gasteiger partial charge in [0.2, 0.25) is 31.2 Å². The van der Waals surface area contributed by atoms with Crippen LogP contribution in [0, 0.1) is 0 Å². The minimum atomic E-state index is -5.36. The van der Waals surface area contributed by atoms with Gasteiger partial charge in [-0.05, 0) is 58.2 Å². The van der Waals surface area contributed by atoms with Gasteiger partial charge in [-0.15, -0.1) is 0 Å². The highest BCUT2D eigenvalue weighted by Gasteiger charge is 2.24. The lowest BCUT2D eigenvalue weighted by atomic mass is 10.3. The minimum absolute atomic E-state index is 0.365. The molecule has 0 unspecified atom stereocenters. The molecule has 34 nitrogen and oxygen atoms in total. The minimum Gasteiger partial charge on any atom is -0.726 e. The summed E-state index contributed by atoms with van der Waals surface area (Å²) < 4.78 is 223. The zero-order valence-corrected chi connectivity index (χ0v) is 53.9. The molecule has 10 N–H and O–H groups in total. The Labute approximate surface area is 497 Å². The first kappa shape index (κ1) is 88.6. The van der Waals surface area contributed by atoms with E-state index in [-0.39, 0.29) is 13.2 Å². The largest absolute Gasteiger partial charge is 0.726 e. The first-order valence-electron chi connectivity index (χ1n) is 26.6. The summed E-state index contributed by atoms with van der Waals surface area (Å²) in [6, 6.07) is 0. The third kappa shape index (κ3) is 77.2. The van der Waals surface area contributed by atoms with Gasteiger partial charge >= 0.3 is 40.5 Å². The maximum atomic E-state index is 10.3. The van der Waals surface area contributed by atoms with E-state index in [9.17, 15) is 64.2 Å². The molecule has 0 aromatic carbocycles. The lowest BCUT2D eigenvalue weighted by Crippen LogP contribution is -3.09. The Morgan fingerprint density at radius 2 is 0.723 bits per heavy atom. The number of aliphatic hydroxyl groups excluding tert-OH is 3. The van der Waals surface area contributed by atoms with Crippen LogP contribution < -0.4 is 14.7 Å². The molecule has 0 aromatic heterocycles. The summed E-state index contributed by atoms with van der Waals surface area (Å²) in [5.41, 5.74) is 0. The molecular formula is C41H93ClN4O30S7. The highest BCUT2D eigenvalue weighted by Crippen LogP contribution is 2.08. The number of rotatable bonds is 30. The van der Waals surface area contributed by atoms with Crippen molar-refractivity contribution in [3.8, 4) is 0 Å². The van der Waals surface area contributed by atoms with Crippen molar-refractivity contribution in [2.75, 3.05) is 118 Å². The fourth-order valence-corrected chi connectivity index (χ4v) is 9.47. The topological polar surface area (TPSA) is 522 Å². The van der Waals surface area contributed by atoms with Gasteiger partial charge in [-0.3, -0.25) is 30.8 Å². The van der Waals surface area contributed by atoms with Crippen LogP contribution in [0.25, 0.3) is 0 Å². The Balaban J connectivity index is -0.000000445. The van der Waals surface area contributed by atoms with Crippen LogP contribution in [-0.2, 0) is 96.8 Å². The standard InChI is InChI=1S/4C8H17N.2C3H8O12S3.C3H8O3.ClHO3S/c4*1-2-3-6-9-7-4-5-8-9;2*4-16(5,6)13-1-3(15-18(10,11)12)2-14-17(7,8)9;4-1-3(6)2-5;1-5(2,3)4/h4*2-8H2,1H3;2*3H,1-2H2,(H,4,5,6)(H,7,8,9)(H,10,11,12);3-6H,1-2H2;(H,2,3,4). The Bertz CT molecular complexity index is 2110. The summed E-state index contributed by atoms with van der Waals surface area (Å²) in [6.07, 6.45) is 17.8. The Hall–Kier alpha value is -0.860. The van der Waals surface area contributed by atoms with Crippen LogP contribution in [0.5, 0.6) is 0 Å². The molecule has 0 spiro atoms. The molecule has 0 saturated carbocycles. The third-order valence-electron chi connectivity index (χ3n) is 11.1. The highest BCUT2D eigenvalue weighted by atomic mass is 35.7. The van der Waals surface area contributed by atoms with Crippen LogP contribution in [0.1, 0.15) is 130 Å². The molecule has 506 valence electrons. The molecule has 0 amide bonds. The van der Waals surface area contributed by atoms with Crippen LogP contribution in [0.2, 0.25) is 0 Å². The summed E-state index contributed by atoms with van der Waals surface area (Å²) in [4.78, 5) is 8.11. The van der Waals surface area contributed by atoms with Crippen LogP contribution >= 0.6 is 10.7 Å². The lowest BCUT2D eigenvalue weighted by Gasteiger charge is -2.20. The number of quaternary nitrogens is 3. The van der Waals surface area contributed by atoms with Gasteiger partial charge in [-0.2, -0.15) is 33.7 Å². The van der Waals surface area contributed by atoms with Crippen molar-refractivity contribution < 1.29 is 146 Å². The Morgan fingerprint density at radius 1 is 0.446 bits per heavy atom. The van der Waals surface area contributed by atoms with E-state index >= 15 is 0 Å². The summed E-state index contributed by atoms with van der Waals surface area (Å²) in [5, 5.41) is 24.0. The maximum absolute atomic E-state index is 10.3. The van der Waals surface area contributed by atoms with Gasteiger partial charge in [0, 0.05) is 49.2 Å². The lowest BCUT2D eigenvalue weighted by molar-refractivity contribution is -0.887. The van der Waals surface area contributed by atoms with Crippen molar-refractivity contribution in [2.24, 2.45) is 0 Å². The van der Waals surface area contributed by atoms with E-state index in [1.807, 2.05) is 14.7 Å². The number of nitrogens with one attached hydrogen (secondary N) is 3. The average Bonchev–Trinajstić information content (AvgIpc) is 4.22. The van der Waals surface area contributed by atoms with E-state index in [0.717, 1.165) is 0 Å². The van der Waals surface area contributed by atoms with Gasteiger partial charge in [0.1, 0.15) is 18.3 Å². The van der Waals surface area contributed by atoms with E-state index in [0.29, 0.717) is 0 Å². The van der Waals surface area contributed by atoms with Crippen molar-refractivity contribution in [3.05, 3.63) is 0 Å². The van der Waals surface area contributed by atoms with E-state index in [2.05, 4.69) is 68.4 Å². The number of halogens is 1. The summed E-state index contributed by atoms with van der Waals surface area (Å²) in [6.45, 7) is 20.3. The molecule has 4 rings (SSSR count). The van der Waals surface area contributed by atoms with Crippen molar-refractivity contribution in [3.63, 3.8) is 0 Å². The quantitative estimate of drug-likeness (QED) is 0.0188. The van der Waals surface area contributed by atoms with Gasteiger partial charge in [0.25, 0.3) is 0 Å². The van der Waals surface area contributed by atoms with E-state index < -0.39 is 116 Å². The number of unbranched alkanes of at least 4 members (excludes halogenated alkanes) is 4. The van der Waals surface area contributed by atoms with Crippen LogP contribution in [0.3, 0.4) is 0 Å². The predicted molar refractivity (Wildman–Crippen MR) is 295 cm³/mol. The molecule has 0 bridgehead atoms. The van der Waals surface area contributed by atoms with Gasteiger partial charge < -0.3 is 48.6 Å². The molecular weight excluding hydrogens is 1290 g/mol. The molecule has 0 aromatic rings. The first-order valence-corrected chi connectivity index (χ1v) is 37.0. The van der Waals surface area contributed by atoms with Gasteiger partial charge in [-0.25, -0.2) is 37.8 Å². The number of nitrogens with zero attached hydrogens (tertiary/aromatic N) is 1. The van der Waals surface area contributed by atoms with E-state index in [4.69, 9.17) is 41.9 Å². The zero-order chi connectivity index (χ0) is 64.8. The summed E-state index contributed by atoms with van der Waals surface area (Å²) in [5.74, 6) is 0. The van der Waals surface area contributed by atoms with Crippen LogP contribution in [0.15, 0.2) is 0 Å². The van der Waals surface area contributed by atoms with E-state index in [1.165, 1.54) is 181 Å². The maximum Gasteiger partial charge on any atom is 0.397 e. The second-order valence-electron chi connectivity index (χ2n) is 18.6. The SMILES string of the molecule is CCCCN1CCCC1.CCCC[NH+]1CCCC1.CCCC[NH+]1CCCC1.CCCC[NH+]1CCCC1.O=S(=O)(O)Cl.O=S(=O)(O)OCC(COS(=O)(=O)O)OS(=O)(=O)O.O=S(=O)([O-])OCC(COS(=O)(=O)[O-])OS(=O)(=O)[O-].OCC(O)CO. The van der Waals surface area contributed by atoms with Crippen LogP contribution in [0.4, 0.5) is 0 Å². The van der Waals surface area contributed by atoms with E-state index in [1.54, 1.807) is 0 Å². The van der Waals surface area contributed by atoms with Crippen molar-refractivity contribution in [2.45, 2.75) is 149 Å². The monoisotopic (exact) mass is 1380 g/mol. The number of aliphatic hydroxyl groups is 3. The molecule has 0 atom stereocenters. The molecule has 4 saturated heterocycles. The number of hydrogen-bond donors (Lipinski definition) is 10. The Kier molecular flexibility index (Phi) is 53.3. The molecule has 4 aliphatic rings. The highest BCUT2D eigenvalue weighted by molar-refractivity contribution is 8.09. The molecule has 83 heavy (non-hydrogen) atoms. The van der Waals surface area contributed by atoms with Crippen molar-refractivity contribution in [1.29, 1.82) is 0 Å². The molecule has 4 fully saturated rings. The van der Waals surface area contributed by atoms with Gasteiger partial charge in [0.15, 0.2) is 0 Å². The second-order valence-corrected chi connectivity index (χ2v) is 26.9. The average molecular weight is 1380 g/mol. The zero-order valence-electron chi connectivity index (χ0n) is 47.5. The molecule has 0 radical (unpaired) electrons. The third-order valence-corrected chi connectivity index (χ3v) is 13.9. The Morgan fingerprint density at radius 3 is 0.940 bits per heavy atom. The van der Waals surface area contributed by atoms with Gasteiger partial charge in [-0.1, -0.05) is 53.4 Å². The second kappa shape index (κ2) is 50.0. The summed E-state index contributed by atoms with van der Waals surface area (Å²) in [7, 11) is -31.0. The molecule has 4 aliphatic heterocycles. The molecule has 4 heterocycles. The normalized spacial score (nSPS) is 16.6. The molecule has 0 aliphatic carbocycles. The fraction of sp³-hybridized carbons (Fsp3) is 1.00. The number of hydrogen-bond acceptors (Lipinski definition) is 27. The smallest absolute Gasteiger partial charge is 0.397 e. The van der Waals surface area contributed by atoms with Crippen molar-refractivity contribution >= 4 is 82.4 Å². The van der Waals surface area contributed by atoms with Crippen molar-refractivity contribution in [1.82, 2.24) is 4.90 Å². The molecule has 42 heteroatoms.